The SMILES string of the molecule is CCNCC(O)CS(=O)c1ccccc1C. The molecule has 1 rings (SSSR count). The Balaban J connectivity index is 2.56. The highest BCUT2D eigenvalue weighted by atomic mass is 32.2. The molecule has 0 fully saturated rings. The molecule has 0 saturated heterocycles. The van der Waals surface area contributed by atoms with E-state index >= 15 is 0 Å². The Morgan fingerprint density at radius 1 is 1.44 bits per heavy atom. The van der Waals surface area contributed by atoms with Crippen LogP contribution >= 0.6 is 0 Å². The predicted molar refractivity (Wildman–Crippen MR) is 67.0 cm³/mol. The maximum absolute atomic E-state index is 12.0. The van der Waals surface area contributed by atoms with Crippen LogP contribution in [0.3, 0.4) is 0 Å². The van der Waals surface area contributed by atoms with Crippen LogP contribution in [-0.4, -0.2) is 34.3 Å². The fraction of sp³-hybridized carbons (Fsp3) is 0.500. The number of hydrogen-bond acceptors (Lipinski definition) is 3. The van der Waals surface area contributed by atoms with Crippen molar-refractivity contribution in [3.63, 3.8) is 0 Å². The van der Waals surface area contributed by atoms with E-state index in [1.807, 2.05) is 38.1 Å². The molecule has 1 aromatic rings. The Bertz CT molecular complexity index is 355. The third-order valence-electron chi connectivity index (χ3n) is 2.31. The van der Waals surface area contributed by atoms with E-state index in [9.17, 15) is 9.32 Å². The lowest BCUT2D eigenvalue weighted by Crippen LogP contribution is -2.30. The molecule has 0 amide bonds. The van der Waals surface area contributed by atoms with Crippen molar-refractivity contribution in [1.29, 1.82) is 0 Å². The highest BCUT2D eigenvalue weighted by Crippen LogP contribution is 2.12. The molecule has 2 atom stereocenters. The van der Waals surface area contributed by atoms with E-state index in [1.165, 1.54) is 0 Å². The third kappa shape index (κ3) is 4.04. The van der Waals surface area contributed by atoms with Gasteiger partial charge in [0.1, 0.15) is 0 Å². The van der Waals surface area contributed by atoms with Crippen LogP contribution in [0.25, 0.3) is 0 Å². The zero-order valence-corrected chi connectivity index (χ0v) is 10.6. The Morgan fingerprint density at radius 3 is 2.75 bits per heavy atom. The minimum Gasteiger partial charge on any atom is -0.391 e. The fourth-order valence-electron chi connectivity index (χ4n) is 1.45. The van der Waals surface area contributed by atoms with Crippen molar-refractivity contribution in [2.45, 2.75) is 24.8 Å². The van der Waals surface area contributed by atoms with E-state index in [4.69, 9.17) is 0 Å². The molecule has 0 aliphatic rings. The molecule has 1 aromatic carbocycles. The molecule has 0 aliphatic carbocycles. The fourth-order valence-corrected chi connectivity index (χ4v) is 2.75. The molecule has 0 aromatic heterocycles. The van der Waals surface area contributed by atoms with E-state index in [2.05, 4.69) is 5.32 Å². The second-order valence-electron chi connectivity index (χ2n) is 3.74. The number of aliphatic hydroxyl groups is 1. The third-order valence-corrected chi connectivity index (χ3v) is 3.95. The standard InChI is InChI=1S/C12H19NO2S/c1-3-13-8-11(14)9-16(15)12-7-5-4-6-10(12)2/h4-7,11,13-14H,3,8-9H2,1-2H3. The van der Waals surface area contributed by atoms with Gasteiger partial charge < -0.3 is 10.4 Å². The number of likely N-dealkylation sites (N-methyl/N-ethyl adjacent to an activating group) is 1. The molecule has 0 saturated carbocycles. The molecule has 3 nitrogen and oxygen atoms in total. The van der Waals surface area contributed by atoms with Crippen LogP contribution in [0, 0.1) is 6.92 Å². The van der Waals surface area contributed by atoms with Crippen molar-refractivity contribution < 1.29 is 9.32 Å². The van der Waals surface area contributed by atoms with Crippen LogP contribution in [0.2, 0.25) is 0 Å². The molecule has 0 radical (unpaired) electrons. The van der Waals surface area contributed by atoms with Crippen LogP contribution in [0.1, 0.15) is 12.5 Å². The zero-order valence-electron chi connectivity index (χ0n) is 9.77. The summed E-state index contributed by atoms with van der Waals surface area (Å²) in [7, 11) is -1.12. The van der Waals surface area contributed by atoms with E-state index in [1.54, 1.807) is 0 Å². The number of benzene rings is 1. The minimum atomic E-state index is -1.12. The predicted octanol–water partition coefficient (Wildman–Crippen LogP) is 1.07. The maximum atomic E-state index is 12.0. The Hall–Kier alpha value is -0.710. The topological polar surface area (TPSA) is 49.3 Å². The van der Waals surface area contributed by atoms with E-state index in [0.717, 1.165) is 17.0 Å². The lowest BCUT2D eigenvalue weighted by atomic mass is 10.2. The smallest absolute Gasteiger partial charge is 0.0783 e. The highest BCUT2D eigenvalue weighted by Gasteiger charge is 2.12. The first kappa shape index (κ1) is 13.4. The average molecular weight is 241 g/mol. The Labute approximate surface area is 99.3 Å². The number of aryl methyl sites for hydroxylation is 1. The molecule has 0 bridgehead atoms. The first-order valence-electron chi connectivity index (χ1n) is 5.48. The number of rotatable bonds is 6. The van der Waals surface area contributed by atoms with Gasteiger partial charge in [-0.2, -0.15) is 0 Å². The summed E-state index contributed by atoms with van der Waals surface area (Å²) >= 11 is 0. The summed E-state index contributed by atoms with van der Waals surface area (Å²) in [6.45, 7) is 5.22. The Morgan fingerprint density at radius 2 is 2.12 bits per heavy atom. The summed E-state index contributed by atoms with van der Waals surface area (Å²) < 4.78 is 12.0. The van der Waals surface area contributed by atoms with Crippen molar-refractivity contribution in [1.82, 2.24) is 5.32 Å². The first-order chi connectivity index (χ1) is 7.65. The number of aliphatic hydroxyl groups excluding tert-OH is 1. The van der Waals surface area contributed by atoms with Crippen molar-refractivity contribution in [2.24, 2.45) is 0 Å². The van der Waals surface area contributed by atoms with Crippen molar-refractivity contribution >= 4 is 10.8 Å². The summed E-state index contributed by atoms with van der Waals surface area (Å²) in [6.07, 6.45) is -0.555. The molecule has 0 aliphatic heterocycles. The monoisotopic (exact) mass is 241 g/mol. The Kier molecular flexibility index (Phi) is 5.66. The van der Waals surface area contributed by atoms with Crippen molar-refractivity contribution in [2.75, 3.05) is 18.8 Å². The lowest BCUT2D eigenvalue weighted by Gasteiger charge is -2.11. The summed E-state index contributed by atoms with van der Waals surface area (Å²) in [5.74, 6) is 0.290. The van der Waals surface area contributed by atoms with Gasteiger partial charge in [0, 0.05) is 11.4 Å². The molecule has 2 unspecified atom stereocenters. The van der Waals surface area contributed by atoms with Gasteiger partial charge >= 0.3 is 0 Å². The van der Waals surface area contributed by atoms with E-state index in [0.29, 0.717) is 6.54 Å². The maximum Gasteiger partial charge on any atom is 0.0783 e. The van der Waals surface area contributed by atoms with Gasteiger partial charge in [-0.25, -0.2) is 0 Å². The van der Waals surface area contributed by atoms with Crippen molar-refractivity contribution in [3.8, 4) is 0 Å². The minimum absolute atomic E-state index is 0.290. The summed E-state index contributed by atoms with van der Waals surface area (Å²) in [5, 5.41) is 12.7. The molecule has 4 heteroatoms. The quantitative estimate of drug-likeness (QED) is 0.783. The molecule has 2 N–H and O–H groups in total. The second kappa shape index (κ2) is 6.78. The van der Waals surface area contributed by atoms with Crippen LogP contribution in [0.5, 0.6) is 0 Å². The molecule has 0 spiro atoms. The normalized spacial score (nSPS) is 14.7. The number of hydrogen-bond donors (Lipinski definition) is 2. The van der Waals surface area contributed by atoms with Crippen LogP contribution < -0.4 is 5.32 Å². The van der Waals surface area contributed by atoms with Crippen molar-refractivity contribution in [3.05, 3.63) is 29.8 Å². The van der Waals surface area contributed by atoms with Crippen LogP contribution in [0.15, 0.2) is 29.2 Å². The van der Waals surface area contributed by atoms with Crippen LogP contribution in [-0.2, 0) is 10.8 Å². The molecular weight excluding hydrogens is 222 g/mol. The van der Waals surface area contributed by atoms with Gasteiger partial charge in [-0.05, 0) is 25.1 Å². The summed E-state index contributed by atoms with van der Waals surface area (Å²) in [4.78, 5) is 0.818. The molecule has 16 heavy (non-hydrogen) atoms. The molecular formula is C12H19NO2S. The largest absolute Gasteiger partial charge is 0.391 e. The average Bonchev–Trinajstić information content (AvgIpc) is 2.26. The van der Waals surface area contributed by atoms with Gasteiger partial charge in [0.2, 0.25) is 0 Å². The molecule has 0 heterocycles. The highest BCUT2D eigenvalue weighted by molar-refractivity contribution is 7.85. The summed E-state index contributed by atoms with van der Waals surface area (Å²) in [5.41, 5.74) is 1.01. The zero-order chi connectivity index (χ0) is 12.0. The first-order valence-corrected chi connectivity index (χ1v) is 6.79. The summed E-state index contributed by atoms with van der Waals surface area (Å²) in [6, 6.07) is 7.58. The lowest BCUT2D eigenvalue weighted by molar-refractivity contribution is 0.195. The van der Waals surface area contributed by atoms with Gasteiger partial charge in [-0.1, -0.05) is 25.1 Å². The second-order valence-corrected chi connectivity index (χ2v) is 5.20. The van der Waals surface area contributed by atoms with E-state index < -0.39 is 16.9 Å². The van der Waals surface area contributed by atoms with Gasteiger partial charge in [-0.15, -0.1) is 0 Å². The molecule has 90 valence electrons. The van der Waals surface area contributed by atoms with Crippen LogP contribution in [0.4, 0.5) is 0 Å². The van der Waals surface area contributed by atoms with Gasteiger partial charge in [0.25, 0.3) is 0 Å². The number of nitrogens with one attached hydrogen (secondary N) is 1. The van der Waals surface area contributed by atoms with Gasteiger partial charge in [0.05, 0.1) is 22.7 Å². The van der Waals surface area contributed by atoms with Gasteiger partial charge in [-0.3, -0.25) is 4.21 Å². The van der Waals surface area contributed by atoms with E-state index in [-0.39, 0.29) is 5.75 Å². The van der Waals surface area contributed by atoms with Gasteiger partial charge in [0.15, 0.2) is 0 Å².